The number of oxime groups is 1. The van der Waals surface area contributed by atoms with Crippen LogP contribution in [0.15, 0.2) is 47.9 Å². The van der Waals surface area contributed by atoms with Crippen LogP contribution in [0.4, 0.5) is 0 Å². The quantitative estimate of drug-likeness (QED) is 0.523. The van der Waals surface area contributed by atoms with Crippen LogP contribution < -0.4 is 4.74 Å². The number of aromatic nitrogens is 1. The summed E-state index contributed by atoms with van der Waals surface area (Å²) in [6, 6.07) is 8.93. The molecule has 1 heterocycles. The summed E-state index contributed by atoms with van der Waals surface area (Å²) >= 11 is 6.05. The Hall–Kier alpha value is -2.07. The minimum Gasteiger partial charge on any atom is -0.487 e. The van der Waals surface area contributed by atoms with Crippen molar-refractivity contribution in [3.05, 3.63) is 58.9 Å². The highest BCUT2D eigenvalue weighted by Crippen LogP contribution is 2.25. The maximum absolute atomic E-state index is 8.42. The highest BCUT2D eigenvalue weighted by atomic mass is 35.5. The van der Waals surface area contributed by atoms with Gasteiger partial charge in [0.05, 0.1) is 11.2 Å². The van der Waals surface area contributed by atoms with Crippen molar-refractivity contribution in [3.63, 3.8) is 0 Å². The Morgan fingerprint density at radius 1 is 1.39 bits per heavy atom. The van der Waals surface area contributed by atoms with Crippen molar-refractivity contribution in [2.75, 3.05) is 0 Å². The average molecular weight is 263 g/mol. The van der Waals surface area contributed by atoms with Gasteiger partial charge in [-0.05, 0) is 29.8 Å². The lowest BCUT2D eigenvalue weighted by Gasteiger charge is -2.08. The van der Waals surface area contributed by atoms with Crippen molar-refractivity contribution in [3.8, 4) is 5.75 Å². The summed E-state index contributed by atoms with van der Waals surface area (Å²) in [5, 5.41) is 11.8. The minimum absolute atomic E-state index is 0.404. The zero-order valence-electron chi connectivity index (χ0n) is 9.45. The zero-order valence-corrected chi connectivity index (χ0v) is 10.2. The first-order valence-corrected chi connectivity index (χ1v) is 5.66. The molecule has 2 aromatic rings. The maximum atomic E-state index is 8.42. The number of hydrogen-bond donors (Lipinski definition) is 1. The van der Waals surface area contributed by atoms with Crippen LogP contribution in [0.1, 0.15) is 11.1 Å². The molecule has 0 spiro atoms. The van der Waals surface area contributed by atoms with Gasteiger partial charge in [-0.2, -0.15) is 0 Å². The molecule has 0 unspecified atom stereocenters. The number of pyridine rings is 1. The van der Waals surface area contributed by atoms with Gasteiger partial charge in [-0.3, -0.25) is 4.98 Å². The average Bonchev–Trinajstić information content (AvgIpc) is 2.39. The molecule has 0 aliphatic carbocycles. The second-order valence-electron chi connectivity index (χ2n) is 3.58. The summed E-state index contributed by atoms with van der Waals surface area (Å²) in [4.78, 5) is 4.00. The van der Waals surface area contributed by atoms with Crippen LogP contribution in [0.3, 0.4) is 0 Å². The first-order valence-electron chi connectivity index (χ1n) is 5.28. The second-order valence-corrected chi connectivity index (χ2v) is 3.99. The lowest BCUT2D eigenvalue weighted by atomic mass is 10.2. The fourth-order valence-corrected chi connectivity index (χ4v) is 1.67. The fourth-order valence-electron chi connectivity index (χ4n) is 1.43. The fraction of sp³-hybridized carbons (Fsp3) is 0.0769. The molecule has 5 heteroatoms. The monoisotopic (exact) mass is 262 g/mol. The highest BCUT2D eigenvalue weighted by molar-refractivity contribution is 6.32. The smallest absolute Gasteiger partial charge is 0.138 e. The molecule has 0 saturated carbocycles. The van der Waals surface area contributed by atoms with Crippen molar-refractivity contribution < 1.29 is 9.94 Å². The van der Waals surface area contributed by atoms with Crippen LogP contribution in [-0.2, 0) is 6.61 Å². The van der Waals surface area contributed by atoms with Gasteiger partial charge in [0.15, 0.2) is 0 Å². The van der Waals surface area contributed by atoms with Crippen molar-refractivity contribution in [2.45, 2.75) is 6.61 Å². The molecule has 1 aromatic carbocycles. The Balaban J connectivity index is 2.06. The molecule has 0 radical (unpaired) electrons. The van der Waals surface area contributed by atoms with Crippen LogP contribution in [0.2, 0.25) is 5.02 Å². The van der Waals surface area contributed by atoms with E-state index >= 15 is 0 Å². The SMILES string of the molecule is O/N=C\c1ccc(OCc2cccnc2)c(Cl)c1. The van der Waals surface area contributed by atoms with Gasteiger partial charge in [-0.25, -0.2) is 0 Å². The van der Waals surface area contributed by atoms with E-state index in [1.54, 1.807) is 30.6 Å². The van der Waals surface area contributed by atoms with E-state index in [4.69, 9.17) is 21.5 Å². The summed E-state index contributed by atoms with van der Waals surface area (Å²) in [7, 11) is 0. The van der Waals surface area contributed by atoms with E-state index in [-0.39, 0.29) is 0 Å². The van der Waals surface area contributed by atoms with E-state index in [0.717, 1.165) is 5.56 Å². The molecule has 18 heavy (non-hydrogen) atoms. The molecule has 4 nitrogen and oxygen atoms in total. The van der Waals surface area contributed by atoms with E-state index in [0.29, 0.717) is 22.9 Å². The van der Waals surface area contributed by atoms with Crippen molar-refractivity contribution in [1.29, 1.82) is 0 Å². The third-order valence-electron chi connectivity index (χ3n) is 2.28. The van der Waals surface area contributed by atoms with Gasteiger partial charge in [0.25, 0.3) is 0 Å². The third-order valence-corrected chi connectivity index (χ3v) is 2.58. The summed E-state index contributed by atoms with van der Waals surface area (Å²) in [5.41, 5.74) is 1.67. The number of nitrogens with zero attached hydrogens (tertiary/aromatic N) is 2. The van der Waals surface area contributed by atoms with Crippen LogP contribution in [0.25, 0.3) is 0 Å². The number of benzene rings is 1. The summed E-state index contributed by atoms with van der Waals surface area (Å²) in [6.45, 7) is 0.404. The van der Waals surface area contributed by atoms with Crippen LogP contribution in [0, 0.1) is 0 Å². The molecule has 2 rings (SSSR count). The standard InChI is InChI=1S/C13H11ClN2O2/c14-12-6-10(8-16-17)3-4-13(12)18-9-11-2-1-5-15-7-11/h1-8,17H,9H2/b16-8-. The summed E-state index contributed by atoms with van der Waals surface area (Å²) < 4.78 is 5.58. The second kappa shape index (κ2) is 6.02. The molecule has 0 fully saturated rings. The molecule has 0 aliphatic heterocycles. The number of halogens is 1. The lowest BCUT2D eigenvalue weighted by molar-refractivity contribution is 0.306. The van der Waals surface area contributed by atoms with Gasteiger partial charge < -0.3 is 9.94 Å². The number of hydrogen-bond acceptors (Lipinski definition) is 4. The van der Waals surface area contributed by atoms with E-state index in [2.05, 4.69) is 10.1 Å². The van der Waals surface area contributed by atoms with E-state index in [1.807, 2.05) is 12.1 Å². The molecular formula is C13H11ClN2O2. The Kier molecular flexibility index (Phi) is 4.15. The highest BCUT2D eigenvalue weighted by Gasteiger charge is 2.03. The van der Waals surface area contributed by atoms with Crippen LogP contribution in [-0.4, -0.2) is 16.4 Å². The Morgan fingerprint density at radius 2 is 2.28 bits per heavy atom. The van der Waals surface area contributed by atoms with Gasteiger partial charge in [0, 0.05) is 18.0 Å². The first-order chi connectivity index (χ1) is 8.79. The van der Waals surface area contributed by atoms with E-state index < -0.39 is 0 Å². The van der Waals surface area contributed by atoms with Gasteiger partial charge in [0.1, 0.15) is 12.4 Å². The van der Waals surface area contributed by atoms with E-state index in [1.165, 1.54) is 6.21 Å². The van der Waals surface area contributed by atoms with Gasteiger partial charge in [-0.1, -0.05) is 22.8 Å². The van der Waals surface area contributed by atoms with Crippen molar-refractivity contribution in [2.24, 2.45) is 5.16 Å². The van der Waals surface area contributed by atoms with Crippen molar-refractivity contribution >= 4 is 17.8 Å². The van der Waals surface area contributed by atoms with Crippen LogP contribution in [0.5, 0.6) is 5.75 Å². The molecule has 1 aromatic heterocycles. The Bertz CT molecular complexity index is 544. The number of ether oxygens (including phenoxy) is 1. The molecule has 0 amide bonds. The molecule has 1 N–H and O–H groups in total. The number of rotatable bonds is 4. The zero-order chi connectivity index (χ0) is 12.8. The van der Waals surface area contributed by atoms with Gasteiger partial charge in [-0.15, -0.1) is 0 Å². The normalized spacial score (nSPS) is 10.7. The van der Waals surface area contributed by atoms with Gasteiger partial charge >= 0.3 is 0 Å². The Morgan fingerprint density at radius 3 is 2.94 bits per heavy atom. The maximum Gasteiger partial charge on any atom is 0.138 e. The van der Waals surface area contributed by atoms with Crippen molar-refractivity contribution in [1.82, 2.24) is 4.98 Å². The van der Waals surface area contributed by atoms with Gasteiger partial charge in [0.2, 0.25) is 0 Å². The molecule has 0 bridgehead atoms. The molecule has 0 aliphatic rings. The topological polar surface area (TPSA) is 54.7 Å². The molecular weight excluding hydrogens is 252 g/mol. The van der Waals surface area contributed by atoms with E-state index in [9.17, 15) is 0 Å². The predicted molar refractivity (Wildman–Crippen MR) is 69.4 cm³/mol. The van der Waals surface area contributed by atoms with Crippen LogP contribution >= 0.6 is 11.6 Å². The molecule has 0 atom stereocenters. The predicted octanol–water partition coefficient (Wildman–Crippen LogP) is 3.12. The molecule has 92 valence electrons. The largest absolute Gasteiger partial charge is 0.487 e. The third kappa shape index (κ3) is 3.21. The first kappa shape index (κ1) is 12.4. The summed E-state index contributed by atoms with van der Waals surface area (Å²) in [5.74, 6) is 0.579. The minimum atomic E-state index is 0.404. The lowest BCUT2D eigenvalue weighted by Crippen LogP contribution is -1.96. The summed E-state index contributed by atoms with van der Waals surface area (Å²) in [6.07, 6.45) is 4.75. The Labute approximate surface area is 109 Å². The molecule has 0 saturated heterocycles.